The second-order valence-corrected chi connectivity index (χ2v) is 7.18. The molecule has 0 saturated carbocycles. The predicted molar refractivity (Wildman–Crippen MR) is 96.7 cm³/mol. The van der Waals surface area contributed by atoms with Gasteiger partial charge in [0.15, 0.2) is 0 Å². The van der Waals surface area contributed by atoms with E-state index in [2.05, 4.69) is 49.5 Å². The van der Waals surface area contributed by atoms with Crippen molar-refractivity contribution in [2.75, 3.05) is 19.6 Å². The normalized spacial score (nSPS) is 25.5. The van der Waals surface area contributed by atoms with Gasteiger partial charge in [0, 0.05) is 19.6 Å². The van der Waals surface area contributed by atoms with Crippen LogP contribution in [0.25, 0.3) is 6.08 Å². The van der Waals surface area contributed by atoms with Crippen molar-refractivity contribution in [3.05, 3.63) is 41.0 Å². The van der Waals surface area contributed by atoms with Gasteiger partial charge < -0.3 is 15.3 Å². The van der Waals surface area contributed by atoms with Crippen LogP contribution in [0.5, 0.6) is 0 Å². The summed E-state index contributed by atoms with van der Waals surface area (Å²) >= 11 is 0. The number of hydrogen-bond acceptors (Lipinski definition) is 3. The fraction of sp³-hybridized carbons (Fsp3) is 0.550. The van der Waals surface area contributed by atoms with Crippen LogP contribution in [-0.4, -0.2) is 47.7 Å². The molecule has 1 aromatic carbocycles. The minimum atomic E-state index is -0.378. The number of piperidine rings is 1. The van der Waals surface area contributed by atoms with Crippen molar-refractivity contribution in [1.82, 2.24) is 10.2 Å². The Bertz CT molecular complexity index is 598. The van der Waals surface area contributed by atoms with Gasteiger partial charge >= 0.3 is 0 Å². The Morgan fingerprint density at radius 2 is 1.92 bits per heavy atom. The third-order valence-electron chi connectivity index (χ3n) is 5.33. The molecular weight excluding hydrogens is 300 g/mol. The second kappa shape index (κ2) is 7.49. The number of aliphatic hydroxyl groups is 1. The number of likely N-dealkylation sites (tertiary alicyclic amines) is 1. The molecule has 2 aliphatic heterocycles. The van der Waals surface area contributed by atoms with Gasteiger partial charge in [0.1, 0.15) is 0 Å². The van der Waals surface area contributed by atoms with Crippen molar-refractivity contribution in [2.45, 2.75) is 45.3 Å². The summed E-state index contributed by atoms with van der Waals surface area (Å²) < 4.78 is 0. The van der Waals surface area contributed by atoms with Crippen molar-refractivity contribution in [1.29, 1.82) is 0 Å². The van der Waals surface area contributed by atoms with E-state index < -0.39 is 0 Å². The first-order valence-electron chi connectivity index (χ1n) is 8.99. The van der Waals surface area contributed by atoms with E-state index in [4.69, 9.17) is 0 Å². The van der Waals surface area contributed by atoms with E-state index in [1.165, 1.54) is 16.7 Å². The minimum Gasteiger partial charge on any atom is -0.392 e. The van der Waals surface area contributed by atoms with Gasteiger partial charge in [0.2, 0.25) is 5.91 Å². The molecule has 4 heteroatoms. The molecule has 4 nitrogen and oxygen atoms in total. The Kier molecular flexibility index (Phi) is 5.36. The van der Waals surface area contributed by atoms with Gasteiger partial charge in [-0.25, -0.2) is 0 Å². The molecule has 0 aromatic heterocycles. The third kappa shape index (κ3) is 3.87. The molecule has 2 saturated heterocycles. The van der Waals surface area contributed by atoms with Crippen LogP contribution < -0.4 is 5.32 Å². The molecule has 2 heterocycles. The zero-order chi connectivity index (χ0) is 17.1. The summed E-state index contributed by atoms with van der Waals surface area (Å²) in [5.41, 5.74) is 3.94. The van der Waals surface area contributed by atoms with E-state index in [9.17, 15) is 9.90 Å². The van der Waals surface area contributed by atoms with Crippen molar-refractivity contribution in [2.24, 2.45) is 5.92 Å². The van der Waals surface area contributed by atoms with Gasteiger partial charge in [-0.15, -0.1) is 0 Å². The SMILES string of the molecule is Cc1cccc(C)c1/C=C/C1CCN(C(=O)[C@@H]2C[C@@H](O)CN2)CC1. The lowest BCUT2D eigenvalue weighted by Crippen LogP contribution is -2.46. The number of amides is 1. The van der Waals surface area contributed by atoms with Crippen molar-refractivity contribution in [3.63, 3.8) is 0 Å². The minimum absolute atomic E-state index is 0.156. The van der Waals surface area contributed by atoms with Gasteiger partial charge in [-0.3, -0.25) is 4.79 Å². The average Bonchev–Trinajstić information content (AvgIpc) is 3.01. The maximum atomic E-state index is 12.5. The number of nitrogens with zero attached hydrogens (tertiary/aromatic N) is 1. The highest BCUT2D eigenvalue weighted by atomic mass is 16.3. The van der Waals surface area contributed by atoms with E-state index in [1.807, 2.05) is 4.90 Å². The summed E-state index contributed by atoms with van der Waals surface area (Å²) in [7, 11) is 0. The summed E-state index contributed by atoms with van der Waals surface area (Å²) in [6, 6.07) is 6.20. The predicted octanol–water partition coefficient (Wildman–Crippen LogP) is 2.28. The number of carbonyl (C=O) groups excluding carboxylic acids is 1. The Morgan fingerprint density at radius 3 is 2.50 bits per heavy atom. The van der Waals surface area contributed by atoms with Crippen LogP contribution in [0.2, 0.25) is 0 Å². The van der Waals surface area contributed by atoms with Crippen LogP contribution >= 0.6 is 0 Å². The van der Waals surface area contributed by atoms with Gasteiger partial charge in [0.25, 0.3) is 0 Å². The molecule has 2 aliphatic rings. The van der Waals surface area contributed by atoms with Crippen LogP contribution in [0.4, 0.5) is 0 Å². The molecule has 0 aliphatic carbocycles. The first-order valence-corrected chi connectivity index (χ1v) is 8.99. The second-order valence-electron chi connectivity index (χ2n) is 7.18. The highest BCUT2D eigenvalue weighted by Gasteiger charge is 2.32. The van der Waals surface area contributed by atoms with Crippen LogP contribution in [0.3, 0.4) is 0 Å². The summed E-state index contributed by atoms with van der Waals surface area (Å²) in [5, 5.41) is 12.7. The molecule has 2 atom stereocenters. The Labute approximate surface area is 144 Å². The number of benzene rings is 1. The number of allylic oxidation sites excluding steroid dienone is 1. The number of hydrogen-bond donors (Lipinski definition) is 2. The molecule has 0 radical (unpaired) electrons. The third-order valence-corrected chi connectivity index (χ3v) is 5.33. The number of nitrogens with one attached hydrogen (secondary N) is 1. The summed E-state index contributed by atoms with van der Waals surface area (Å²) in [5.74, 6) is 0.693. The topological polar surface area (TPSA) is 52.6 Å². The molecule has 1 amide bonds. The van der Waals surface area contributed by atoms with Gasteiger partial charge in [0.05, 0.1) is 12.1 Å². The number of carbonyl (C=O) groups is 1. The Morgan fingerprint density at radius 1 is 1.25 bits per heavy atom. The largest absolute Gasteiger partial charge is 0.392 e. The molecule has 0 unspecified atom stereocenters. The van der Waals surface area contributed by atoms with Crippen LogP contribution in [-0.2, 0) is 4.79 Å². The van der Waals surface area contributed by atoms with Crippen LogP contribution in [0.1, 0.15) is 36.0 Å². The first kappa shape index (κ1) is 17.2. The molecule has 2 fully saturated rings. The van der Waals surface area contributed by atoms with E-state index in [1.54, 1.807) is 0 Å². The smallest absolute Gasteiger partial charge is 0.239 e. The van der Waals surface area contributed by atoms with E-state index in [0.29, 0.717) is 18.9 Å². The van der Waals surface area contributed by atoms with Gasteiger partial charge in [-0.05, 0) is 55.7 Å². The monoisotopic (exact) mass is 328 g/mol. The van der Waals surface area contributed by atoms with E-state index in [-0.39, 0.29) is 18.1 Å². The summed E-state index contributed by atoms with van der Waals surface area (Å²) in [6.45, 7) is 6.46. The fourth-order valence-corrected chi connectivity index (χ4v) is 3.76. The molecule has 0 spiro atoms. The van der Waals surface area contributed by atoms with Gasteiger partial charge in [-0.2, -0.15) is 0 Å². The zero-order valence-corrected chi connectivity index (χ0v) is 14.7. The summed E-state index contributed by atoms with van der Waals surface area (Å²) in [6.07, 6.45) is 6.77. The van der Waals surface area contributed by atoms with Crippen molar-refractivity contribution in [3.8, 4) is 0 Å². The Balaban J connectivity index is 1.54. The Hall–Kier alpha value is -1.65. The number of aliphatic hydroxyl groups excluding tert-OH is 1. The average molecular weight is 328 g/mol. The molecule has 24 heavy (non-hydrogen) atoms. The van der Waals surface area contributed by atoms with Crippen LogP contribution in [0.15, 0.2) is 24.3 Å². The lowest BCUT2D eigenvalue weighted by molar-refractivity contribution is -0.134. The van der Waals surface area contributed by atoms with E-state index in [0.717, 1.165) is 25.9 Å². The molecule has 1 aromatic rings. The number of aryl methyl sites for hydroxylation is 2. The quantitative estimate of drug-likeness (QED) is 0.895. The summed E-state index contributed by atoms with van der Waals surface area (Å²) in [4.78, 5) is 14.4. The fourth-order valence-electron chi connectivity index (χ4n) is 3.76. The maximum absolute atomic E-state index is 12.5. The lowest BCUT2D eigenvalue weighted by atomic mass is 9.93. The highest BCUT2D eigenvalue weighted by Crippen LogP contribution is 2.23. The molecule has 130 valence electrons. The number of β-amino-alcohol motifs (C(OH)–C–C–N with tert-alkyl or cyclic N) is 1. The number of rotatable bonds is 3. The maximum Gasteiger partial charge on any atom is 0.239 e. The molecule has 2 N–H and O–H groups in total. The van der Waals surface area contributed by atoms with Crippen molar-refractivity contribution >= 4 is 12.0 Å². The van der Waals surface area contributed by atoms with Crippen molar-refractivity contribution < 1.29 is 9.90 Å². The van der Waals surface area contributed by atoms with Crippen LogP contribution in [0, 0.1) is 19.8 Å². The molecule has 3 rings (SSSR count). The van der Waals surface area contributed by atoms with E-state index >= 15 is 0 Å². The molecule has 0 bridgehead atoms. The lowest BCUT2D eigenvalue weighted by Gasteiger charge is -2.32. The van der Waals surface area contributed by atoms with Gasteiger partial charge in [-0.1, -0.05) is 30.4 Å². The molecular formula is C20H28N2O2. The first-order chi connectivity index (χ1) is 11.5. The highest BCUT2D eigenvalue weighted by molar-refractivity contribution is 5.82. The standard InChI is InChI=1S/C20H28N2O2/c1-14-4-3-5-15(2)18(14)7-6-16-8-10-22(11-9-16)20(24)19-12-17(23)13-21-19/h3-7,16-17,19,21,23H,8-13H2,1-2H3/b7-6+/t17-,19+/m1/s1. The zero-order valence-electron chi connectivity index (χ0n) is 14.7.